The van der Waals surface area contributed by atoms with E-state index in [1.165, 1.54) is 40.3 Å². The minimum absolute atomic E-state index is 0.291. The molecule has 0 fully saturated rings. The fraction of sp³-hybridized carbons (Fsp3) is 0.222. The molecule has 0 saturated heterocycles. The van der Waals surface area contributed by atoms with E-state index in [-0.39, 0.29) is 5.97 Å². The number of esters is 1. The SMILES string of the molecule is COC(=O)c1ccc(-c2ccc(-c3ccc4c(C)ccc(C)c4c3)n2C(C)C)cc1. The van der Waals surface area contributed by atoms with Crippen molar-refractivity contribution in [1.82, 2.24) is 4.57 Å². The zero-order valence-corrected chi connectivity index (χ0v) is 18.2. The Hall–Kier alpha value is -3.33. The number of fused-ring (bicyclic) bond motifs is 1. The summed E-state index contributed by atoms with van der Waals surface area (Å²) in [6.45, 7) is 8.73. The van der Waals surface area contributed by atoms with Crippen LogP contribution in [0.2, 0.25) is 0 Å². The first-order valence-corrected chi connectivity index (χ1v) is 10.3. The van der Waals surface area contributed by atoms with Gasteiger partial charge in [-0.05, 0) is 91.1 Å². The first-order valence-electron chi connectivity index (χ1n) is 10.3. The Morgan fingerprint density at radius 1 is 0.767 bits per heavy atom. The van der Waals surface area contributed by atoms with E-state index in [1.807, 2.05) is 24.3 Å². The summed E-state index contributed by atoms with van der Waals surface area (Å²) < 4.78 is 7.18. The summed E-state index contributed by atoms with van der Waals surface area (Å²) >= 11 is 0. The van der Waals surface area contributed by atoms with Gasteiger partial charge < -0.3 is 9.30 Å². The summed E-state index contributed by atoms with van der Waals surface area (Å²) in [6.07, 6.45) is 0. The van der Waals surface area contributed by atoms with Crippen molar-refractivity contribution in [2.24, 2.45) is 0 Å². The molecular weight excluding hydrogens is 370 g/mol. The summed E-state index contributed by atoms with van der Waals surface area (Å²) in [7, 11) is 1.40. The molecule has 3 nitrogen and oxygen atoms in total. The molecule has 0 radical (unpaired) electrons. The van der Waals surface area contributed by atoms with Gasteiger partial charge in [0.1, 0.15) is 0 Å². The Morgan fingerprint density at radius 2 is 1.33 bits per heavy atom. The Balaban J connectivity index is 1.83. The topological polar surface area (TPSA) is 31.2 Å². The highest BCUT2D eigenvalue weighted by Gasteiger charge is 2.16. The van der Waals surface area contributed by atoms with Gasteiger partial charge in [-0.3, -0.25) is 0 Å². The fourth-order valence-corrected chi connectivity index (χ4v) is 4.17. The van der Waals surface area contributed by atoms with Crippen LogP contribution in [0.3, 0.4) is 0 Å². The number of carbonyl (C=O) groups excluding carboxylic acids is 1. The van der Waals surface area contributed by atoms with Crippen LogP contribution in [0.1, 0.15) is 41.4 Å². The molecule has 3 aromatic carbocycles. The van der Waals surface area contributed by atoms with Crippen LogP contribution >= 0.6 is 0 Å². The molecule has 1 heterocycles. The van der Waals surface area contributed by atoms with E-state index in [0.717, 1.165) is 11.3 Å². The summed E-state index contributed by atoms with van der Waals surface area (Å²) in [4.78, 5) is 11.8. The number of benzene rings is 3. The second-order valence-corrected chi connectivity index (χ2v) is 8.10. The molecule has 30 heavy (non-hydrogen) atoms. The zero-order chi connectivity index (χ0) is 21.4. The second kappa shape index (κ2) is 7.83. The molecule has 0 bridgehead atoms. The molecule has 0 atom stereocenters. The Bertz CT molecular complexity index is 1230. The van der Waals surface area contributed by atoms with Gasteiger partial charge in [-0.25, -0.2) is 4.79 Å². The summed E-state index contributed by atoms with van der Waals surface area (Å²) in [5.74, 6) is -0.316. The van der Waals surface area contributed by atoms with E-state index in [4.69, 9.17) is 4.74 Å². The number of methoxy groups -OCH3 is 1. The predicted molar refractivity (Wildman–Crippen MR) is 124 cm³/mol. The standard InChI is InChI=1S/C27H27NO2/c1-17(2)28-25(20-8-10-21(11-9-20)27(29)30-5)14-15-26(28)22-12-13-23-18(3)6-7-19(4)24(23)16-22/h6-17H,1-5H3. The van der Waals surface area contributed by atoms with Gasteiger partial charge in [-0.1, -0.05) is 36.4 Å². The van der Waals surface area contributed by atoms with Crippen molar-refractivity contribution in [2.75, 3.05) is 7.11 Å². The van der Waals surface area contributed by atoms with Crippen LogP contribution in [0.15, 0.2) is 66.7 Å². The van der Waals surface area contributed by atoms with Crippen LogP contribution in [0.25, 0.3) is 33.3 Å². The zero-order valence-electron chi connectivity index (χ0n) is 18.2. The highest BCUT2D eigenvalue weighted by molar-refractivity contribution is 5.92. The van der Waals surface area contributed by atoms with Crippen molar-refractivity contribution in [1.29, 1.82) is 0 Å². The molecule has 0 saturated carbocycles. The lowest BCUT2D eigenvalue weighted by molar-refractivity contribution is 0.0601. The van der Waals surface area contributed by atoms with Crippen LogP contribution in [0.4, 0.5) is 0 Å². The van der Waals surface area contributed by atoms with E-state index in [0.29, 0.717) is 11.6 Å². The Kier molecular flexibility index (Phi) is 5.21. The summed E-state index contributed by atoms with van der Waals surface area (Å²) in [5.41, 5.74) is 7.77. The lowest BCUT2D eigenvalue weighted by atomic mass is 9.98. The fourth-order valence-electron chi connectivity index (χ4n) is 4.17. The number of rotatable bonds is 4. The molecule has 0 aliphatic heterocycles. The van der Waals surface area contributed by atoms with Gasteiger partial charge in [-0.2, -0.15) is 0 Å². The average molecular weight is 398 g/mol. The Labute approximate surface area is 177 Å². The van der Waals surface area contributed by atoms with Crippen LogP contribution in [-0.2, 0) is 4.74 Å². The molecule has 4 rings (SSSR count). The third-order valence-electron chi connectivity index (χ3n) is 5.78. The number of ether oxygens (including phenoxy) is 1. The number of hydrogen-bond donors (Lipinski definition) is 0. The minimum atomic E-state index is -0.316. The van der Waals surface area contributed by atoms with Crippen LogP contribution < -0.4 is 0 Å². The number of nitrogens with zero attached hydrogens (tertiary/aromatic N) is 1. The van der Waals surface area contributed by atoms with E-state index in [1.54, 1.807) is 0 Å². The van der Waals surface area contributed by atoms with Crippen molar-refractivity contribution in [2.45, 2.75) is 33.7 Å². The number of carbonyl (C=O) groups is 1. The van der Waals surface area contributed by atoms with Gasteiger partial charge in [0.25, 0.3) is 0 Å². The summed E-state index contributed by atoms with van der Waals surface area (Å²) in [5, 5.41) is 2.60. The van der Waals surface area contributed by atoms with Crippen molar-refractivity contribution < 1.29 is 9.53 Å². The van der Waals surface area contributed by atoms with E-state index in [9.17, 15) is 4.79 Å². The number of aryl methyl sites for hydroxylation is 2. The lowest BCUT2D eigenvalue weighted by Gasteiger charge is -2.18. The lowest BCUT2D eigenvalue weighted by Crippen LogP contribution is -2.05. The first-order chi connectivity index (χ1) is 14.4. The Morgan fingerprint density at radius 3 is 1.93 bits per heavy atom. The average Bonchev–Trinajstić information content (AvgIpc) is 3.21. The molecule has 0 aliphatic rings. The molecule has 0 amide bonds. The van der Waals surface area contributed by atoms with Gasteiger partial charge in [0.2, 0.25) is 0 Å². The van der Waals surface area contributed by atoms with E-state index < -0.39 is 0 Å². The third-order valence-corrected chi connectivity index (χ3v) is 5.78. The van der Waals surface area contributed by atoms with Crippen molar-refractivity contribution in [3.8, 4) is 22.5 Å². The molecule has 0 unspecified atom stereocenters. The maximum Gasteiger partial charge on any atom is 0.337 e. The number of hydrogen-bond acceptors (Lipinski definition) is 2. The normalized spacial score (nSPS) is 11.3. The molecular formula is C27H27NO2. The van der Waals surface area contributed by atoms with Crippen LogP contribution in [0, 0.1) is 13.8 Å². The van der Waals surface area contributed by atoms with Gasteiger partial charge in [0.05, 0.1) is 12.7 Å². The monoisotopic (exact) mass is 397 g/mol. The molecule has 152 valence electrons. The van der Waals surface area contributed by atoms with Gasteiger partial charge >= 0.3 is 5.97 Å². The van der Waals surface area contributed by atoms with Crippen LogP contribution in [0.5, 0.6) is 0 Å². The summed E-state index contributed by atoms with van der Waals surface area (Å²) in [6, 6.07) is 23.4. The minimum Gasteiger partial charge on any atom is -0.465 e. The van der Waals surface area contributed by atoms with E-state index >= 15 is 0 Å². The largest absolute Gasteiger partial charge is 0.465 e. The molecule has 1 aromatic heterocycles. The molecule has 0 aliphatic carbocycles. The van der Waals surface area contributed by atoms with Crippen molar-refractivity contribution >= 4 is 16.7 Å². The highest BCUT2D eigenvalue weighted by atomic mass is 16.5. The quantitative estimate of drug-likeness (QED) is 0.349. The predicted octanol–water partition coefficient (Wildman–Crippen LogP) is 6.96. The third kappa shape index (κ3) is 3.41. The van der Waals surface area contributed by atoms with Crippen molar-refractivity contribution in [3.05, 3.63) is 83.4 Å². The highest BCUT2D eigenvalue weighted by Crippen LogP contribution is 2.34. The maximum atomic E-state index is 11.8. The molecule has 0 N–H and O–H groups in total. The molecule has 3 heteroatoms. The van der Waals surface area contributed by atoms with Crippen LogP contribution in [-0.4, -0.2) is 17.6 Å². The smallest absolute Gasteiger partial charge is 0.337 e. The van der Waals surface area contributed by atoms with Gasteiger partial charge in [-0.15, -0.1) is 0 Å². The molecule has 4 aromatic rings. The van der Waals surface area contributed by atoms with E-state index in [2.05, 4.69) is 74.7 Å². The van der Waals surface area contributed by atoms with Gasteiger partial charge in [0, 0.05) is 17.4 Å². The molecule has 0 spiro atoms. The maximum absolute atomic E-state index is 11.8. The first kappa shape index (κ1) is 20.0. The number of aromatic nitrogens is 1. The van der Waals surface area contributed by atoms with Crippen molar-refractivity contribution in [3.63, 3.8) is 0 Å². The van der Waals surface area contributed by atoms with Gasteiger partial charge in [0.15, 0.2) is 0 Å². The second-order valence-electron chi connectivity index (χ2n) is 8.10.